The molecule has 1 aliphatic heterocycles. The molecule has 0 aromatic heterocycles. The van der Waals surface area contributed by atoms with E-state index in [0.29, 0.717) is 24.5 Å². The van der Waals surface area contributed by atoms with Crippen LogP contribution in [0, 0.1) is 13.8 Å². The molecule has 1 fully saturated rings. The van der Waals surface area contributed by atoms with Crippen LogP contribution in [0.5, 0.6) is 11.5 Å². The quantitative estimate of drug-likeness (QED) is 0.746. The first kappa shape index (κ1) is 19.7. The van der Waals surface area contributed by atoms with E-state index in [-0.39, 0.29) is 18.2 Å². The molecule has 2 aromatic rings. The molecule has 0 spiro atoms. The van der Waals surface area contributed by atoms with Crippen LogP contribution in [-0.2, 0) is 16.0 Å². The summed E-state index contributed by atoms with van der Waals surface area (Å²) < 4.78 is 10.5. The van der Waals surface area contributed by atoms with Crippen LogP contribution in [0.25, 0.3) is 0 Å². The number of hydrogen-bond donors (Lipinski definition) is 1. The van der Waals surface area contributed by atoms with Crippen LogP contribution in [0.2, 0.25) is 0 Å². The van der Waals surface area contributed by atoms with Crippen molar-refractivity contribution in [3.8, 4) is 11.5 Å². The summed E-state index contributed by atoms with van der Waals surface area (Å²) >= 11 is 0. The van der Waals surface area contributed by atoms with Gasteiger partial charge in [-0.2, -0.15) is 0 Å². The molecule has 28 heavy (non-hydrogen) atoms. The van der Waals surface area contributed by atoms with Crippen LogP contribution in [0.4, 0.5) is 5.69 Å². The number of ether oxygens (including phenoxy) is 2. The lowest BCUT2D eigenvalue weighted by atomic mass is 10.1. The third-order valence-corrected chi connectivity index (χ3v) is 4.88. The molecule has 0 aliphatic carbocycles. The van der Waals surface area contributed by atoms with Gasteiger partial charge in [0.25, 0.3) is 5.91 Å². The summed E-state index contributed by atoms with van der Waals surface area (Å²) in [6.45, 7) is 4.36. The molecule has 0 bridgehead atoms. The number of nitrogens with zero attached hydrogens (tertiary/aromatic N) is 1. The molecule has 1 aliphatic rings. The summed E-state index contributed by atoms with van der Waals surface area (Å²) in [6.07, 6.45) is 0.742. The fourth-order valence-electron chi connectivity index (χ4n) is 3.57. The van der Waals surface area contributed by atoms with E-state index in [9.17, 15) is 9.59 Å². The maximum atomic E-state index is 12.7. The summed E-state index contributed by atoms with van der Waals surface area (Å²) in [6, 6.07) is 11.1. The van der Waals surface area contributed by atoms with E-state index < -0.39 is 6.04 Å². The van der Waals surface area contributed by atoms with E-state index >= 15 is 0 Å². The van der Waals surface area contributed by atoms with Crippen molar-refractivity contribution in [3.63, 3.8) is 0 Å². The molecule has 0 saturated carbocycles. The highest BCUT2D eigenvalue weighted by atomic mass is 16.5. The molecule has 2 aromatic carbocycles. The molecule has 6 heteroatoms. The lowest BCUT2D eigenvalue weighted by Gasteiger charge is -2.17. The number of rotatable bonds is 7. The predicted molar refractivity (Wildman–Crippen MR) is 108 cm³/mol. The number of benzene rings is 2. The Bertz CT molecular complexity index is 874. The van der Waals surface area contributed by atoms with E-state index in [1.54, 1.807) is 14.2 Å². The van der Waals surface area contributed by atoms with Gasteiger partial charge in [0.2, 0.25) is 5.91 Å². The highest BCUT2D eigenvalue weighted by Crippen LogP contribution is 2.28. The van der Waals surface area contributed by atoms with Crippen LogP contribution in [-0.4, -0.2) is 43.5 Å². The van der Waals surface area contributed by atoms with E-state index in [1.807, 2.05) is 44.2 Å². The molecule has 0 radical (unpaired) electrons. The second-order valence-electron chi connectivity index (χ2n) is 7.10. The van der Waals surface area contributed by atoms with Gasteiger partial charge in [0.15, 0.2) is 11.5 Å². The zero-order valence-electron chi connectivity index (χ0n) is 16.7. The van der Waals surface area contributed by atoms with Crippen LogP contribution < -0.4 is 14.8 Å². The predicted octanol–water partition coefficient (Wildman–Crippen LogP) is 3.10. The second-order valence-corrected chi connectivity index (χ2v) is 7.10. The van der Waals surface area contributed by atoms with Gasteiger partial charge in [-0.05, 0) is 61.2 Å². The van der Waals surface area contributed by atoms with Crippen molar-refractivity contribution in [3.05, 3.63) is 53.1 Å². The van der Waals surface area contributed by atoms with Crippen molar-refractivity contribution < 1.29 is 19.1 Å². The highest BCUT2D eigenvalue weighted by Gasteiger charge is 2.38. The number of imide groups is 1. The molecule has 3 rings (SSSR count). The largest absolute Gasteiger partial charge is 0.493 e. The first-order valence-corrected chi connectivity index (χ1v) is 9.31. The van der Waals surface area contributed by atoms with Gasteiger partial charge in [-0.1, -0.05) is 12.1 Å². The fraction of sp³-hybridized carbons (Fsp3) is 0.364. The van der Waals surface area contributed by atoms with Gasteiger partial charge in [-0.3, -0.25) is 14.5 Å². The number of methoxy groups -OCH3 is 2. The molecule has 2 amide bonds. The van der Waals surface area contributed by atoms with E-state index in [0.717, 1.165) is 22.4 Å². The van der Waals surface area contributed by atoms with Crippen molar-refractivity contribution >= 4 is 17.5 Å². The van der Waals surface area contributed by atoms with E-state index in [4.69, 9.17) is 9.47 Å². The molecular weight excluding hydrogens is 356 g/mol. The van der Waals surface area contributed by atoms with Crippen molar-refractivity contribution in [1.29, 1.82) is 0 Å². The zero-order valence-corrected chi connectivity index (χ0v) is 16.7. The van der Waals surface area contributed by atoms with Crippen molar-refractivity contribution in [2.75, 3.05) is 26.1 Å². The first-order chi connectivity index (χ1) is 13.4. The number of nitrogens with one attached hydrogen (secondary N) is 1. The lowest BCUT2D eigenvalue weighted by molar-refractivity contribution is -0.138. The van der Waals surface area contributed by atoms with Crippen LogP contribution in [0.3, 0.4) is 0 Å². The minimum atomic E-state index is -0.515. The molecule has 0 unspecified atom stereocenters. The lowest BCUT2D eigenvalue weighted by Crippen LogP contribution is -2.36. The van der Waals surface area contributed by atoms with Gasteiger partial charge < -0.3 is 14.8 Å². The maximum Gasteiger partial charge on any atom is 0.252 e. The fourth-order valence-corrected chi connectivity index (χ4v) is 3.57. The zero-order chi connectivity index (χ0) is 20.3. The molecule has 1 saturated heterocycles. The Hall–Kier alpha value is -3.02. The van der Waals surface area contributed by atoms with Crippen molar-refractivity contribution in [1.82, 2.24) is 4.90 Å². The normalized spacial score (nSPS) is 16.4. The van der Waals surface area contributed by atoms with Gasteiger partial charge >= 0.3 is 0 Å². The Balaban J connectivity index is 1.65. The summed E-state index contributed by atoms with van der Waals surface area (Å²) in [7, 11) is 3.17. The Morgan fingerprint density at radius 2 is 1.68 bits per heavy atom. The number of anilines is 1. The van der Waals surface area contributed by atoms with Crippen molar-refractivity contribution in [2.24, 2.45) is 0 Å². The summed E-state index contributed by atoms with van der Waals surface area (Å²) in [5.74, 6) is 0.961. The SMILES string of the molecule is COc1ccc(CCN2C(=O)C[C@@H](Nc3cc(C)cc(C)c3)C2=O)cc1OC. The van der Waals surface area contributed by atoms with Gasteiger partial charge in [0, 0.05) is 12.2 Å². The van der Waals surface area contributed by atoms with E-state index in [1.165, 1.54) is 4.90 Å². The molecule has 6 nitrogen and oxygen atoms in total. The average Bonchev–Trinajstić information content (AvgIpc) is 2.92. The molecule has 1 atom stereocenters. The molecule has 148 valence electrons. The first-order valence-electron chi connectivity index (χ1n) is 9.31. The smallest absolute Gasteiger partial charge is 0.252 e. The van der Waals surface area contributed by atoms with Crippen molar-refractivity contribution in [2.45, 2.75) is 32.7 Å². The molecular formula is C22H26N2O4. The number of likely N-dealkylation sites (tertiary alicyclic amines) is 1. The second kappa shape index (κ2) is 8.33. The van der Waals surface area contributed by atoms with E-state index in [2.05, 4.69) is 11.4 Å². The number of carbonyl (C=O) groups is 2. The average molecular weight is 382 g/mol. The third-order valence-electron chi connectivity index (χ3n) is 4.88. The summed E-state index contributed by atoms with van der Waals surface area (Å²) in [4.78, 5) is 26.5. The number of amides is 2. The number of hydrogen-bond acceptors (Lipinski definition) is 5. The number of aryl methyl sites for hydroxylation is 2. The Labute approximate surface area is 165 Å². The minimum absolute atomic E-state index is 0.146. The highest BCUT2D eigenvalue weighted by molar-refractivity contribution is 6.06. The topological polar surface area (TPSA) is 67.9 Å². The van der Waals surface area contributed by atoms with Crippen LogP contribution in [0.15, 0.2) is 36.4 Å². The van der Waals surface area contributed by atoms with Gasteiger partial charge in [-0.25, -0.2) is 0 Å². The third kappa shape index (κ3) is 4.27. The maximum absolute atomic E-state index is 12.7. The minimum Gasteiger partial charge on any atom is -0.493 e. The standard InChI is InChI=1S/C22H26N2O4/c1-14-9-15(2)11-17(10-14)23-18-13-21(25)24(22(18)26)8-7-16-5-6-19(27-3)20(12-16)28-4/h5-6,9-12,18,23H,7-8,13H2,1-4H3/t18-/m1/s1. The Morgan fingerprint density at radius 3 is 2.32 bits per heavy atom. The summed E-state index contributed by atoms with van der Waals surface area (Å²) in [5.41, 5.74) is 4.07. The Morgan fingerprint density at radius 1 is 1.00 bits per heavy atom. The Kier molecular flexibility index (Phi) is 5.87. The monoisotopic (exact) mass is 382 g/mol. The van der Waals surface area contributed by atoms with Crippen LogP contribution in [0.1, 0.15) is 23.1 Å². The molecule has 1 heterocycles. The van der Waals surface area contributed by atoms with Gasteiger partial charge in [0.05, 0.1) is 20.6 Å². The summed E-state index contributed by atoms with van der Waals surface area (Å²) in [5, 5.41) is 3.22. The molecule has 1 N–H and O–H groups in total. The van der Waals surface area contributed by atoms with Crippen LogP contribution >= 0.6 is 0 Å². The number of carbonyl (C=O) groups excluding carboxylic acids is 2. The van der Waals surface area contributed by atoms with Gasteiger partial charge in [0.1, 0.15) is 6.04 Å². The van der Waals surface area contributed by atoms with Gasteiger partial charge in [-0.15, -0.1) is 0 Å².